The van der Waals surface area contributed by atoms with Crippen molar-refractivity contribution in [2.75, 3.05) is 0 Å². The number of rotatable bonds is 1. The number of carbonyl (C=O) groups is 1. The summed E-state index contributed by atoms with van der Waals surface area (Å²) in [4.78, 5) is 13.0. The Morgan fingerprint density at radius 2 is 2.42 bits per heavy atom. The highest BCUT2D eigenvalue weighted by Gasteiger charge is 2.08. The molecule has 1 heterocycles. The second kappa shape index (κ2) is 3.15. The third-order valence-electron chi connectivity index (χ3n) is 1.28. The van der Waals surface area contributed by atoms with E-state index in [1.165, 1.54) is 12.3 Å². The molecule has 12 heavy (non-hydrogen) atoms. The molecular weight excluding hydrogens is 176 g/mol. The summed E-state index contributed by atoms with van der Waals surface area (Å²) in [7, 11) is 0. The van der Waals surface area contributed by atoms with Gasteiger partial charge in [0.1, 0.15) is 10.7 Å². The van der Waals surface area contributed by atoms with Crippen LogP contribution in [-0.2, 0) is 0 Å². The van der Waals surface area contributed by atoms with Crippen LogP contribution < -0.4 is 0 Å². The lowest BCUT2D eigenvalue weighted by Crippen LogP contribution is -2.00. The average Bonchev–Trinajstić information content (AvgIpc) is 2.03. The Morgan fingerprint density at radius 3 is 2.92 bits per heavy atom. The van der Waals surface area contributed by atoms with Gasteiger partial charge in [-0.25, -0.2) is 4.79 Å². The topological polar surface area (TPSA) is 76.9 Å². The van der Waals surface area contributed by atoms with Crippen LogP contribution in [0.4, 0.5) is 0 Å². The van der Waals surface area contributed by atoms with E-state index >= 15 is 0 Å². The smallest absolute Gasteiger partial charge is 0.338 e. The molecule has 2 N–H and O–H groups in total. The van der Waals surface area contributed by atoms with Crippen molar-refractivity contribution in [1.82, 2.24) is 4.98 Å². The zero-order chi connectivity index (χ0) is 9.14. The Kier molecular flexibility index (Phi) is 2.21. The van der Waals surface area contributed by atoms with E-state index in [0.717, 1.165) is 0 Å². The minimum absolute atomic E-state index is 0.0638. The summed E-state index contributed by atoms with van der Waals surface area (Å²) in [5.41, 5.74) is 0.0114. The lowest BCUT2D eigenvalue weighted by Gasteiger charge is -1.95. The van der Waals surface area contributed by atoms with Gasteiger partial charge in [0.15, 0.2) is 0 Å². The van der Waals surface area contributed by atoms with E-state index < -0.39 is 5.97 Å². The van der Waals surface area contributed by atoms with E-state index in [-0.39, 0.29) is 11.1 Å². The van der Waals surface area contributed by atoms with E-state index in [4.69, 9.17) is 22.6 Å². The Balaban J connectivity index is 3.42. The molecule has 0 saturated heterocycles. The number of aromatic nitrogens is 1. The molecule has 0 radical (unpaired) electrons. The molecule has 0 aliphatic rings. The lowest BCUT2D eigenvalue weighted by molar-refractivity contribution is 0.0696. The summed E-state index contributed by atoms with van der Waals surface area (Å²) in [6, 6.07) is 3.07. The first-order valence-electron chi connectivity index (χ1n) is 3.01. The monoisotopic (exact) mass is 180 g/mol. The van der Waals surface area contributed by atoms with Crippen LogP contribution in [0.25, 0.3) is 0 Å². The van der Waals surface area contributed by atoms with Crippen LogP contribution >= 0.6 is 12.2 Å². The van der Waals surface area contributed by atoms with Gasteiger partial charge in [-0.15, -0.1) is 0 Å². The first kappa shape index (κ1) is 8.43. The molecule has 0 bridgehead atoms. The van der Waals surface area contributed by atoms with Crippen LogP contribution in [0.15, 0.2) is 12.3 Å². The molecule has 0 saturated carbocycles. The van der Waals surface area contributed by atoms with Crippen molar-refractivity contribution in [3.8, 4) is 6.07 Å². The Labute approximate surface area is 73.1 Å². The molecule has 0 amide bonds. The van der Waals surface area contributed by atoms with Crippen LogP contribution in [0.3, 0.4) is 0 Å². The first-order valence-corrected chi connectivity index (χ1v) is 3.42. The molecular formula is C7H4N2O2S. The minimum atomic E-state index is -1.14. The Morgan fingerprint density at radius 1 is 1.75 bits per heavy atom. The molecule has 0 unspecified atom stereocenters. The van der Waals surface area contributed by atoms with Gasteiger partial charge < -0.3 is 10.1 Å². The number of carboxylic acid groups (broad SMARTS) is 1. The maximum atomic E-state index is 10.5. The van der Waals surface area contributed by atoms with Gasteiger partial charge in [-0.3, -0.25) is 0 Å². The molecule has 1 aromatic heterocycles. The van der Waals surface area contributed by atoms with Crippen LogP contribution in [-0.4, -0.2) is 16.1 Å². The van der Waals surface area contributed by atoms with Gasteiger partial charge in [-0.1, -0.05) is 12.2 Å². The molecule has 1 aromatic rings. The van der Waals surface area contributed by atoms with Crippen molar-refractivity contribution >= 4 is 18.2 Å². The molecule has 5 heteroatoms. The minimum Gasteiger partial charge on any atom is -0.478 e. The molecule has 0 aromatic carbocycles. The standard InChI is InChI=1S/C7H4N2O2S/c8-2-4-1-6(12)9-3-5(4)7(10)11/h1,3H,(H,9,12)(H,10,11). The average molecular weight is 180 g/mol. The van der Waals surface area contributed by atoms with Gasteiger partial charge in [-0.2, -0.15) is 5.26 Å². The van der Waals surface area contributed by atoms with Crippen LogP contribution in [0.5, 0.6) is 0 Å². The van der Waals surface area contributed by atoms with Gasteiger partial charge in [0.05, 0.1) is 11.1 Å². The number of hydrogen-bond donors (Lipinski definition) is 2. The summed E-state index contributed by atoms with van der Waals surface area (Å²) in [5, 5.41) is 17.1. The number of hydrogen-bond acceptors (Lipinski definition) is 3. The molecule has 0 aliphatic heterocycles. The number of H-pyrrole nitrogens is 1. The fraction of sp³-hybridized carbons (Fsp3) is 0. The summed E-state index contributed by atoms with van der Waals surface area (Å²) >= 11 is 4.71. The van der Waals surface area contributed by atoms with Gasteiger partial charge in [0.2, 0.25) is 0 Å². The maximum absolute atomic E-state index is 10.5. The number of nitrogens with zero attached hydrogens (tertiary/aromatic N) is 1. The largest absolute Gasteiger partial charge is 0.478 e. The molecule has 0 aliphatic carbocycles. The molecule has 4 nitrogen and oxygen atoms in total. The van der Waals surface area contributed by atoms with Gasteiger partial charge in [0.25, 0.3) is 0 Å². The number of nitrogens with one attached hydrogen (secondary N) is 1. The SMILES string of the molecule is N#Cc1cc(=S)[nH]cc1C(=O)O. The van der Waals surface area contributed by atoms with Crippen molar-refractivity contribution in [2.45, 2.75) is 0 Å². The third kappa shape index (κ3) is 1.49. The van der Waals surface area contributed by atoms with Crippen molar-refractivity contribution in [3.63, 3.8) is 0 Å². The van der Waals surface area contributed by atoms with E-state index in [0.29, 0.717) is 4.64 Å². The van der Waals surface area contributed by atoms with Crippen LogP contribution in [0.1, 0.15) is 15.9 Å². The summed E-state index contributed by atoms with van der Waals surface area (Å²) < 4.78 is 0.344. The first-order chi connectivity index (χ1) is 5.65. The fourth-order valence-electron chi connectivity index (χ4n) is 0.741. The number of pyridine rings is 1. The zero-order valence-corrected chi connectivity index (χ0v) is 6.68. The highest BCUT2D eigenvalue weighted by molar-refractivity contribution is 7.71. The predicted octanol–water partition coefficient (Wildman–Crippen LogP) is 1.31. The number of aromatic amines is 1. The van der Waals surface area contributed by atoms with Crippen LogP contribution in [0.2, 0.25) is 0 Å². The summed E-state index contributed by atoms with van der Waals surface area (Å²) in [6.45, 7) is 0. The van der Waals surface area contributed by atoms with E-state index in [1.807, 2.05) is 0 Å². The number of aromatic carboxylic acids is 1. The highest BCUT2D eigenvalue weighted by Crippen LogP contribution is 2.05. The molecule has 60 valence electrons. The molecule has 0 spiro atoms. The summed E-state index contributed by atoms with van der Waals surface area (Å²) in [6.07, 6.45) is 1.21. The van der Waals surface area contributed by atoms with Crippen LogP contribution in [0, 0.1) is 16.0 Å². The van der Waals surface area contributed by atoms with Crippen molar-refractivity contribution in [3.05, 3.63) is 28.0 Å². The normalized spacial score (nSPS) is 8.92. The van der Waals surface area contributed by atoms with Gasteiger partial charge in [-0.05, 0) is 6.07 Å². The molecule has 0 atom stereocenters. The van der Waals surface area contributed by atoms with E-state index in [2.05, 4.69) is 4.98 Å². The van der Waals surface area contributed by atoms with Crippen molar-refractivity contribution in [1.29, 1.82) is 5.26 Å². The second-order valence-electron chi connectivity index (χ2n) is 2.04. The fourth-order valence-corrected chi connectivity index (χ4v) is 0.918. The Bertz CT molecular complexity index is 416. The van der Waals surface area contributed by atoms with Crippen molar-refractivity contribution in [2.24, 2.45) is 0 Å². The second-order valence-corrected chi connectivity index (χ2v) is 2.48. The lowest BCUT2D eigenvalue weighted by atomic mass is 10.2. The summed E-state index contributed by atoms with van der Waals surface area (Å²) in [5.74, 6) is -1.14. The Hall–Kier alpha value is -1.67. The highest BCUT2D eigenvalue weighted by atomic mass is 32.1. The zero-order valence-electron chi connectivity index (χ0n) is 5.87. The number of nitriles is 1. The van der Waals surface area contributed by atoms with Gasteiger partial charge >= 0.3 is 5.97 Å². The predicted molar refractivity (Wildman–Crippen MR) is 43.3 cm³/mol. The van der Waals surface area contributed by atoms with Gasteiger partial charge in [0, 0.05) is 6.20 Å². The quantitative estimate of drug-likeness (QED) is 0.639. The van der Waals surface area contributed by atoms with E-state index in [9.17, 15) is 4.79 Å². The molecule has 1 rings (SSSR count). The van der Waals surface area contributed by atoms with Crippen molar-refractivity contribution < 1.29 is 9.90 Å². The molecule has 0 fully saturated rings. The van der Waals surface area contributed by atoms with E-state index in [1.54, 1.807) is 6.07 Å². The third-order valence-corrected chi connectivity index (χ3v) is 1.51. The number of carboxylic acids is 1. The maximum Gasteiger partial charge on any atom is 0.338 e.